The van der Waals surface area contributed by atoms with Crippen LogP contribution in [0.15, 0.2) is 24.3 Å². The second-order valence-electron chi connectivity index (χ2n) is 4.15. The molecule has 0 unspecified atom stereocenters. The van der Waals surface area contributed by atoms with E-state index in [0.29, 0.717) is 18.5 Å². The quantitative estimate of drug-likeness (QED) is 0.751. The normalized spacial score (nSPS) is 19.4. The third kappa shape index (κ3) is 2.98. The molecular formula is C12H14N2O2S. The average Bonchev–Trinajstić information content (AvgIpc) is 2.50. The van der Waals surface area contributed by atoms with Crippen LogP contribution < -0.4 is 4.90 Å². The summed E-state index contributed by atoms with van der Waals surface area (Å²) < 4.78 is 23.0. The van der Waals surface area contributed by atoms with Gasteiger partial charge >= 0.3 is 0 Å². The number of anilines is 1. The molecule has 0 amide bonds. The molecule has 0 aliphatic carbocycles. The van der Waals surface area contributed by atoms with Crippen LogP contribution in [0, 0.1) is 11.3 Å². The van der Waals surface area contributed by atoms with Crippen LogP contribution in [0.1, 0.15) is 12.0 Å². The van der Waals surface area contributed by atoms with E-state index < -0.39 is 9.84 Å². The van der Waals surface area contributed by atoms with Gasteiger partial charge in [-0.2, -0.15) is 5.26 Å². The van der Waals surface area contributed by atoms with E-state index in [1.54, 1.807) is 12.1 Å². The van der Waals surface area contributed by atoms with Crippen molar-refractivity contribution in [2.24, 2.45) is 0 Å². The number of hydrogen-bond donors (Lipinski definition) is 0. The van der Waals surface area contributed by atoms with E-state index in [1.807, 2.05) is 17.0 Å². The number of benzene rings is 1. The molecular weight excluding hydrogens is 236 g/mol. The summed E-state index contributed by atoms with van der Waals surface area (Å²) in [6.45, 7) is 1.24. The Bertz CT molecular complexity index is 546. The number of rotatable bonds is 1. The topological polar surface area (TPSA) is 61.2 Å². The van der Waals surface area contributed by atoms with E-state index in [2.05, 4.69) is 6.07 Å². The second kappa shape index (κ2) is 4.76. The van der Waals surface area contributed by atoms with Crippen LogP contribution in [0.2, 0.25) is 0 Å². The highest BCUT2D eigenvalue weighted by Crippen LogP contribution is 2.18. The van der Waals surface area contributed by atoms with Crippen molar-refractivity contribution in [1.82, 2.24) is 0 Å². The van der Waals surface area contributed by atoms with Crippen molar-refractivity contribution in [2.45, 2.75) is 6.42 Å². The lowest BCUT2D eigenvalue weighted by atomic mass is 10.2. The SMILES string of the molecule is N#Cc1cccc(N2CCCS(=O)(=O)CC2)c1. The van der Waals surface area contributed by atoms with Crippen LogP contribution in [0.3, 0.4) is 0 Å². The van der Waals surface area contributed by atoms with Gasteiger partial charge in [-0.3, -0.25) is 0 Å². The molecule has 1 aliphatic rings. The first-order chi connectivity index (χ1) is 8.11. The summed E-state index contributed by atoms with van der Waals surface area (Å²) in [5.41, 5.74) is 1.54. The van der Waals surface area contributed by atoms with Crippen molar-refractivity contribution in [3.8, 4) is 6.07 Å². The highest BCUT2D eigenvalue weighted by atomic mass is 32.2. The van der Waals surface area contributed by atoms with Gasteiger partial charge in [0.15, 0.2) is 9.84 Å². The molecule has 0 aromatic heterocycles. The minimum Gasteiger partial charge on any atom is -0.370 e. The molecule has 5 heteroatoms. The Morgan fingerprint density at radius 2 is 2.06 bits per heavy atom. The molecule has 17 heavy (non-hydrogen) atoms. The molecule has 1 aromatic rings. The maximum Gasteiger partial charge on any atom is 0.152 e. The zero-order valence-corrected chi connectivity index (χ0v) is 10.3. The Balaban J connectivity index is 2.20. The monoisotopic (exact) mass is 250 g/mol. The van der Waals surface area contributed by atoms with Gasteiger partial charge < -0.3 is 4.90 Å². The maximum atomic E-state index is 11.5. The van der Waals surface area contributed by atoms with Crippen LogP contribution in [-0.2, 0) is 9.84 Å². The Hall–Kier alpha value is -1.54. The number of sulfone groups is 1. The lowest BCUT2D eigenvalue weighted by molar-refractivity contribution is 0.597. The van der Waals surface area contributed by atoms with E-state index in [0.717, 1.165) is 12.2 Å². The lowest BCUT2D eigenvalue weighted by Crippen LogP contribution is -2.26. The summed E-state index contributed by atoms with van der Waals surface area (Å²) in [5.74, 6) is 0.464. The van der Waals surface area contributed by atoms with Crippen LogP contribution >= 0.6 is 0 Å². The van der Waals surface area contributed by atoms with Gasteiger partial charge in [0.2, 0.25) is 0 Å². The smallest absolute Gasteiger partial charge is 0.152 e. The van der Waals surface area contributed by atoms with Crippen LogP contribution in [0.4, 0.5) is 5.69 Å². The fraction of sp³-hybridized carbons (Fsp3) is 0.417. The van der Waals surface area contributed by atoms with Crippen molar-refractivity contribution in [3.63, 3.8) is 0 Å². The van der Waals surface area contributed by atoms with Gasteiger partial charge in [0, 0.05) is 18.8 Å². The first-order valence-electron chi connectivity index (χ1n) is 5.56. The van der Waals surface area contributed by atoms with Crippen molar-refractivity contribution in [2.75, 3.05) is 29.5 Å². The summed E-state index contributed by atoms with van der Waals surface area (Å²) in [6.07, 6.45) is 0.652. The van der Waals surface area contributed by atoms with Gasteiger partial charge in [-0.1, -0.05) is 6.07 Å². The van der Waals surface area contributed by atoms with Crippen LogP contribution in [-0.4, -0.2) is 33.0 Å². The predicted molar refractivity (Wildman–Crippen MR) is 66.6 cm³/mol. The molecule has 0 N–H and O–H groups in total. The Morgan fingerprint density at radius 3 is 2.82 bits per heavy atom. The molecule has 1 fully saturated rings. The van der Waals surface area contributed by atoms with Gasteiger partial charge in [-0.05, 0) is 24.6 Å². The second-order valence-corrected chi connectivity index (χ2v) is 6.46. The summed E-state index contributed by atoms with van der Waals surface area (Å²) in [6, 6.07) is 9.39. The lowest BCUT2D eigenvalue weighted by Gasteiger charge is -2.22. The maximum absolute atomic E-state index is 11.5. The Kier molecular flexibility index (Phi) is 3.34. The van der Waals surface area contributed by atoms with Crippen molar-refractivity contribution in [1.29, 1.82) is 5.26 Å². The van der Waals surface area contributed by atoms with Gasteiger partial charge in [-0.25, -0.2) is 8.42 Å². The minimum absolute atomic E-state index is 0.198. The summed E-state index contributed by atoms with van der Waals surface area (Å²) >= 11 is 0. The minimum atomic E-state index is -2.88. The number of hydrogen-bond acceptors (Lipinski definition) is 4. The van der Waals surface area contributed by atoms with E-state index in [-0.39, 0.29) is 11.5 Å². The molecule has 0 saturated carbocycles. The van der Waals surface area contributed by atoms with E-state index in [9.17, 15) is 8.42 Å². The molecule has 1 aromatic carbocycles. The molecule has 2 rings (SSSR count). The van der Waals surface area contributed by atoms with Crippen molar-refractivity contribution < 1.29 is 8.42 Å². The molecule has 90 valence electrons. The van der Waals surface area contributed by atoms with E-state index in [4.69, 9.17) is 5.26 Å². The van der Waals surface area contributed by atoms with Crippen molar-refractivity contribution >= 4 is 15.5 Å². The van der Waals surface area contributed by atoms with Crippen LogP contribution in [0.5, 0.6) is 0 Å². The molecule has 1 heterocycles. The molecule has 4 nitrogen and oxygen atoms in total. The average molecular weight is 250 g/mol. The Labute approximate surface area is 101 Å². The summed E-state index contributed by atoms with van der Waals surface area (Å²) in [5, 5.41) is 8.83. The largest absolute Gasteiger partial charge is 0.370 e. The number of nitriles is 1. The standard InChI is InChI=1S/C12H14N2O2S/c13-10-11-3-1-4-12(9-11)14-5-2-7-17(15,16)8-6-14/h1,3-4,9H,2,5-8H2. The first kappa shape index (κ1) is 11.9. The highest BCUT2D eigenvalue weighted by Gasteiger charge is 2.19. The first-order valence-corrected chi connectivity index (χ1v) is 7.38. The summed E-state index contributed by atoms with van der Waals surface area (Å²) in [7, 11) is -2.88. The Morgan fingerprint density at radius 1 is 1.24 bits per heavy atom. The zero-order valence-electron chi connectivity index (χ0n) is 9.46. The summed E-state index contributed by atoms with van der Waals surface area (Å²) in [4.78, 5) is 2.03. The fourth-order valence-electron chi connectivity index (χ4n) is 1.97. The van der Waals surface area contributed by atoms with Crippen molar-refractivity contribution in [3.05, 3.63) is 29.8 Å². The third-order valence-electron chi connectivity index (χ3n) is 2.90. The molecule has 0 bridgehead atoms. The number of nitrogens with zero attached hydrogens (tertiary/aromatic N) is 2. The molecule has 0 radical (unpaired) electrons. The molecule has 0 atom stereocenters. The van der Waals surface area contributed by atoms with Gasteiger partial charge in [0.05, 0.1) is 23.1 Å². The van der Waals surface area contributed by atoms with Gasteiger partial charge in [-0.15, -0.1) is 0 Å². The molecule has 1 saturated heterocycles. The van der Waals surface area contributed by atoms with E-state index in [1.165, 1.54) is 0 Å². The van der Waals surface area contributed by atoms with Gasteiger partial charge in [0.25, 0.3) is 0 Å². The fourth-order valence-corrected chi connectivity index (χ4v) is 3.24. The zero-order chi connectivity index (χ0) is 12.3. The molecule has 0 spiro atoms. The van der Waals surface area contributed by atoms with E-state index >= 15 is 0 Å². The highest BCUT2D eigenvalue weighted by molar-refractivity contribution is 7.91. The predicted octanol–water partition coefficient (Wildman–Crippen LogP) is 1.18. The third-order valence-corrected chi connectivity index (χ3v) is 4.61. The molecule has 1 aliphatic heterocycles. The van der Waals surface area contributed by atoms with Crippen LogP contribution in [0.25, 0.3) is 0 Å². The van der Waals surface area contributed by atoms with Gasteiger partial charge in [0.1, 0.15) is 0 Å².